The quantitative estimate of drug-likeness (QED) is 0.638. The maximum atomic E-state index is 4.25. The maximum Gasteiger partial charge on any atom is 0.191 e. The lowest BCUT2D eigenvalue weighted by Gasteiger charge is -2.26. The zero-order valence-electron chi connectivity index (χ0n) is 11.4. The third-order valence-electron chi connectivity index (χ3n) is 3.09. The van der Waals surface area contributed by atoms with Crippen LogP contribution < -0.4 is 10.6 Å². The molecule has 1 fully saturated rings. The van der Waals surface area contributed by atoms with Crippen molar-refractivity contribution in [2.75, 3.05) is 44.7 Å². The van der Waals surface area contributed by atoms with E-state index in [1.165, 1.54) is 30.2 Å². The van der Waals surface area contributed by atoms with E-state index in [9.17, 15) is 0 Å². The predicted octanol–water partition coefficient (Wildman–Crippen LogP) is 1.46. The van der Waals surface area contributed by atoms with E-state index in [-0.39, 0.29) is 0 Å². The van der Waals surface area contributed by atoms with Gasteiger partial charge < -0.3 is 10.6 Å². The second-order valence-electron chi connectivity index (χ2n) is 4.44. The van der Waals surface area contributed by atoms with Crippen LogP contribution in [0.3, 0.4) is 0 Å². The van der Waals surface area contributed by atoms with Gasteiger partial charge in [0.2, 0.25) is 0 Å². The lowest BCUT2D eigenvalue weighted by atomic mass is 10.3. The van der Waals surface area contributed by atoms with Crippen LogP contribution in [0.2, 0.25) is 0 Å². The molecule has 0 atom stereocenters. The first-order valence-electron chi connectivity index (χ1n) is 6.64. The first kappa shape index (κ1) is 14.7. The van der Waals surface area contributed by atoms with Gasteiger partial charge in [-0.3, -0.25) is 9.89 Å². The summed E-state index contributed by atoms with van der Waals surface area (Å²) in [5, 5.41) is 11.0. The monoisotopic (exact) mass is 298 g/mol. The number of hydrogen-bond acceptors (Lipinski definition) is 4. The van der Waals surface area contributed by atoms with Crippen molar-refractivity contribution in [3.8, 4) is 0 Å². The SMILES string of the molecule is CN=C(NCCN1CCSCC1)NCc1ccsc1. The van der Waals surface area contributed by atoms with Crippen molar-refractivity contribution >= 4 is 29.1 Å². The maximum absolute atomic E-state index is 4.25. The molecule has 0 saturated carbocycles. The molecule has 6 heteroatoms. The van der Waals surface area contributed by atoms with Crippen LogP contribution in [-0.4, -0.2) is 55.6 Å². The Morgan fingerprint density at radius 3 is 2.89 bits per heavy atom. The number of guanidine groups is 1. The summed E-state index contributed by atoms with van der Waals surface area (Å²) in [7, 11) is 1.82. The zero-order valence-corrected chi connectivity index (χ0v) is 13.0. The van der Waals surface area contributed by atoms with E-state index >= 15 is 0 Å². The molecule has 0 amide bonds. The first-order chi connectivity index (χ1) is 9.38. The Morgan fingerprint density at radius 1 is 1.37 bits per heavy atom. The van der Waals surface area contributed by atoms with E-state index in [0.29, 0.717) is 0 Å². The molecule has 0 aromatic carbocycles. The molecule has 0 aliphatic carbocycles. The third-order valence-corrected chi connectivity index (χ3v) is 4.76. The van der Waals surface area contributed by atoms with Gasteiger partial charge in [0.15, 0.2) is 5.96 Å². The molecule has 4 nitrogen and oxygen atoms in total. The molecule has 0 unspecified atom stereocenters. The minimum absolute atomic E-state index is 0.837. The van der Waals surface area contributed by atoms with Gasteiger partial charge in [0.25, 0.3) is 0 Å². The molecule has 1 aromatic heterocycles. The summed E-state index contributed by atoms with van der Waals surface area (Å²) >= 11 is 3.78. The normalized spacial score (nSPS) is 17.4. The number of hydrogen-bond donors (Lipinski definition) is 2. The molecule has 1 saturated heterocycles. The van der Waals surface area contributed by atoms with Crippen LogP contribution in [0.15, 0.2) is 21.8 Å². The fraction of sp³-hybridized carbons (Fsp3) is 0.615. The van der Waals surface area contributed by atoms with Gasteiger partial charge in [-0.15, -0.1) is 0 Å². The van der Waals surface area contributed by atoms with E-state index in [1.54, 1.807) is 11.3 Å². The van der Waals surface area contributed by atoms with Crippen molar-refractivity contribution in [2.45, 2.75) is 6.54 Å². The van der Waals surface area contributed by atoms with Crippen LogP contribution in [-0.2, 0) is 6.54 Å². The van der Waals surface area contributed by atoms with Crippen LogP contribution in [0.1, 0.15) is 5.56 Å². The summed E-state index contributed by atoms with van der Waals surface area (Å²) in [6.45, 7) is 5.32. The number of aliphatic imine (C=N–C) groups is 1. The topological polar surface area (TPSA) is 39.7 Å². The number of nitrogens with one attached hydrogen (secondary N) is 2. The molecular formula is C13H22N4S2. The molecule has 2 N–H and O–H groups in total. The Bertz CT molecular complexity index is 372. The summed E-state index contributed by atoms with van der Waals surface area (Å²) in [6, 6.07) is 2.14. The Labute approximate surface area is 123 Å². The molecule has 1 aliphatic heterocycles. The van der Waals surface area contributed by atoms with Crippen molar-refractivity contribution in [1.29, 1.82) is 0 Å². The Kier molecular flexibility index (Phi) is 6.53. The van der Waals surface area contributed by atoms with Crippen molar-refractivity contribution in [2.24, 2.45) is 4.99 Å². The molecule has 2 heterocycles. The molecule has 1 aromatic rings. The van der Waals surface area contributed by atoms with Gasteiger partial charge in [-0.05, 0) is 22.4 Å². The number of rotatable bonds is 5. The van der Waals surface area contributed by atoms with Gasteiger partial charge in [-0.25, -0.2) is 0 Å². The highest BCUT2D eigenvalue weighted by molar-refractivity contribution is 7.99. The molecule has 0 radical (unpaired) electrons. The van der Waals surface area contributed by atoms with Crippen LogP contribution in [0.5, 0.6) is 0 Å². The van der Waals surface area contributed by atoms with E-state index in [4.69, 9.17) is 0 Å². The highest BCUT2D eigenvalue weighted by atomic mass is 32.2. The minimum atomic E-state index is 0.837. The van der Waals surface area contributed by atoms with Crippen LogP contribution in [0.4, 0.5) is 0 Å². The van der Waals surface area contributed by atoms with Crippen molar-refractivity contribution in [1.82, 2.24) is 15.5 Å². The summed E-state index contributed by atoms with van der Waals surface area (Å²) in [5.41, 5.74) is 1.31. The average molecular weight is 298 g/mol. The lowest BCUT2D eigenvalue weighted by Crippen LogP contribution is -2.43. The second kappa shape index (κ2) is 8.45. The van der Waals surface area contributed by atoms with Gasteiger partial charge in [-0.1, -0.05) is 0 Å². The van der Waals surface area contributed by atoms with Gasteiger partial charge in [0.05, 0.1) is 0 Å². The molecule has 19 heavy (non-hydrogen) atoms. The average Bonchev–Trinajstić information content (AvgIpc) is 2.97. The Balaban J connectivity index is 1.62. The van der Waals surface area contributed by atoms with E-state index in [2.05, 4.69) is 49.1 Å². The highest BCUT2D eigenvalue weighted by Crippen LogP contribution is 2.08. The van der Waals surface area contributed by atoms with Crippen LogP contribution in [0.25, 0.3) is 0 Å². The Morgan fingerprint density at radius 2 is 2.21 bits per heavy atom. The summed E-state index contributed by atoms with van der Waals surface area (Å²) < 4.78 is 0. The molecule has 0 spiro atoms. The molecular weight excluding hydrogens is 276 g/mol. The minimum Gasteiger partial charge on any atom is -0.355 e. The van der Waals surface area contributed by atoms with Gasteiger partial charge >= 0.3 is 0 Å². The lowest BCUT2D eigenvalue weighted by molar-refractivity contribution is 0.307. The molecule has 106 valence electrons. The fourth-order valence-electron chi connectivity index (χ4n) is 1.96. The molecule has 1 aliphatic rings. The van der Waals surface area contributed by atoms with Crippen molar-refractivity contribution in [3.63, 3.8) is 0 Å². The van der Waals surface area contributed by atoms with Gasteiger partial charge in [-0.2, -0.15) is 23.1 Å². The van der Waals surface area contributed by atoms with E-state index in [0.717, 1.165) is 25.6 Å². The summed E-state index contributed by atoms with van der Waals surface area (Å²) in [4.78, 5) is 6.75. The second-order valence-corrected chi connectivity index (χ2v) is 6.44. The number of thiophene rings is 1. The van der Waals surface area contributed by atoms with Crippen LogP contribution in [0, 0.1) is 0 Å². The van der Waals surface area contributed by atoms with E-state index in [1.807, 2.05) is 7.05 Å². The van der Waals surface area contributed by atoms with Gasteiger partial charge in [0, 0.05) is 51.3 Å². The summed E-state index contributed by atoms with van der Waals surface area (Å²) in [6.07, 6.45) is 0. The van der Waals surface area contributed by atoms with Crippen molar-refractivity contribution in [3.05, 3.63) is 22.4 Å². The molecule has 0 bridgehead atoms. The van der Waals surface area contributed by atoms with Crippen molar-refractivity contribution < 1.29 is 0 Å². The molecule has 2 rings (SSSR count). The predicted molar refractivity (Wildman–Crippen MR) is 86.3 cm³/mol. The third kappa shape index (κ3) is 5.42. The number of nitrogens with zero attached hydrogens (tertiary/aromatic N) is 2. The summed E-state index contributed by atoms with van der Waals surface area (Å²) in [5.74, 6) is 3.42. The standard InChI is InChI=1S/C13H22N4S2/c1-14-13(16-10-12-2-7-19-11-12)15-3-4-17-5-8-18-9-6-17/h2,7,11H,3-6,8-10H2,1H3,(H2,14,15,16). The highest BCUT2D eigenvalue weighted by Gasteiger charge is 2.09. The van der Waals surface area contributed by atoms with Crippen LogP contribution >= 0.6 is 23.1 Å². The number of thioether (sulfide) groups is 1. The van der Waals surface area contributed by atoms with E-state index < -0.39 is 0 Å². The Hall–Kier alpha value is -0.720. The zero-order chi connectivity index (χ0) is 13.3. The smallest absolute Gasteiger partial charge is 0.191 e. The largest absolute Gasteiger partial charge is 0.355 e. The van der Waals surface area contributed by atoms with Gasteiger partial charge in [0.1, 0.15) is 0 Å². The fourth-order valence-corrected chi connectivity index (χ4v) is 3.60. The first-order valence-corrected chi connectivity index (χ1v) is 8.74.